The molecule has 18 heavy (non-hydrogen) atoms. The number of ether oxygens (including phenoxy) is 3. The van der Waals surface area contributed by atoms with Crippen LogP contribution in [-0.2, 0) is 16.1 Å². The van der Waals surface area contributed by atoms with Gasteiger partial charge in [0.05, 0.1) is 26.4 Å². The summed E-state index contributed by atoms with van der Waals surface area (Å²) in [7, 11) is 1.61. The molecular formula is C14H18O4. The van der Waals surface area contributed by atoms with Gasteiger partial charge >= 0.3 is 0 Å². The van der Waals surface area contributed by atoms with Crippen LogP contribution in [0.2, 0.25) is 0 Å². The van der Waals surface area contributed by atoms with Gasteiger partial charge in [0, 0.05) is 17.7 Å². The van der Waals surface area contributed by atoms with Gasteiger partial charge in [0.25, 0.3) is 0 Å². The van der Waals surface area contributed by atoms with Gasteiger partial charge in [-0.05, 0) is 31.0 Å². The van der Waals surface area contributed by atoms with Gasteiger partial charge in [-0.3, -0.25) is 4.79 Å². The van der Waals surface area contributed by atoms with Crippen LogP contribution < -0.4 is 4.74 Å². The van der Waals surface area contributed by atoms with E-state index in [-0.39, 0.29) is 6.10 Å². The normalized spacial score (nSPS) is 18.8. The lowest BCUT2D eigenvalue weighted by Crippen LogP contribution is -2.14. The Morgan fingerprint density at radius 2 is 2.39 bits per heavy atom. The Bertz CT molecular complexity index is 397. The number of carbonyl (C=O) groups is 1. The summed E-state index contributed by atoms with van der Waals surface area (Å²) < 4.78 is 16.3. The zero-order valence-electron chi connectivity index (χ0n) is 10.6. The van der Waals surface area contributed by atoms with Gasteiger partial charge in [-0.1, -0.05) is 0 Å². The number of methoxy groups -OCH3 is 1. The molecule has 0 N–H and O–H groups in total. The second-order valence-electron chi connectivity index (χ2n) is 4.34. The summed E-state index contributed by atoms with van der Waals surface area (Å²) in [5.41, 5.74) is 1.52. The number of hydrogen-bond donors (Lipinski definition) is 0. The van der Waals surface area contributed by atoms with Crippen LogP contribution in [0.15, 0.2) is 18.2 Å². The molecule has 0 amide bonds. The van der Waals surface area contributed by atoms with Crippen LogP contribution >= 0.6 is 0 Å². The Hall–Kier alpha value is -1.39. The predicted molar refractivity (Wildman–Crippen MR) is 67.0 cm³/mol. The Morgan fingerprint density at radius 3 is 3.06 bits per heavy atom. The lowest BCUT2D eigenvalue weighted by molar-refractivity contribution is 0.0101. The molecule has 0 spiro atoms. The first kappa shape index (κ1) is 13.1. The second kappa shape index (κ2) is 6.52. The highest BCUT2D eigenvalue weighted by Gasteiger charge is 2.15. The van der Waals surface area contributed by atoms with Crippen molar-refractivity contribution >= 4 is 6.29 Å². The van der Waals surface area contributed by atoms with Crippen molar-refractivity contribution in [3.8, 4) is 5.75 Å². The van der Waals surface area contributed by atoms with Crippen LogP contribution in [0.25, 0.3) is 0 Å². The van der Waals surface area contributed by atoms with E-state index >= 15 is 0 Å². The monoisotopic (exact) mass is 250 g/mol. The average molecular weight is 250 g/mol. The molecule has 0 saturated carbocycles. The molecule has 1 aromatic rings. The maximum Gasteiger partial charge on any atom is 0.150 e. The molecule has 4 heteroatoms. The molecule has 1 unspecified atom stereocenters. The van der Waals surface area contributed by atoms with Gasteiger partial charge in [0.2, 0.25) is 0 Å². The van der Waals surface area contributed by atoms with E-state index in [4.69, 9.17) is 14.2 Å². The van der Waals surface area contributed by atoms with E-state index in [0.29, 0.717) is 18.8 Å². The summed E-state index contributed by atoms with van der Waals surface area (Å²) in [5, 5.41) is 0. The van der Waals surface area contributed by atoms with Gasteiger partial charge in [0.1, 0.15) is 12.0 Å². The van der Waals surface area contributed by atoms with Crippen LogP contribution in [0.1, 0.15) is 28.8 Å². The van der Waals surface area contributed by atoms with Gasteiger partial charge in [-0.2, -0.15) is 0 Å². The van der Waals surface area contributed by atoms with Gasteiger partial charge < -0.3 is 14.2 Å². The third-order valence-electron chi connectivity index (χ3n) is 3.03. The molecule has 4 nitrogen and oxygen atoms in total. The Labute approximate surface area is 107 Å². The smallest absolute Gasteiger partial charge is 0.150 e. The molecule has 2 rings (SSSR count). The Balaban J connectivity index is 1.91. The third-order valence-corrected chi connectivity index (χ3v) is 3.03. The van der Waals surface area contributed by atoms with E-state index in [1.54, 1.807) is 25.3 Å². The van der Waals surface area contributed by atoms with Gasteiger partial charge in [0.15, 0.2) is 0 Å². The molecule has 98 valence electrons. The summed E-state index contributed by atoms with van der Waals surface area (Å²) in [5.74, 6) is 0.743. The van der Waals surface area contributed by atoms with Gasteiger partial charge in [-0.15, -0.1) is 0 Å². The Kier molecular flexibility index (Phi) is 4.73. The molecule has 0 bridgehead atoms. The maximum atomic E-state index is 10.7. The van der Waals surface area contributed by atoms with E-state index in [2.05, 4.69) is 0 Å². The summed E-state index contributed by atoms with van der Waals surface area (Å²) in [6.45, 7) is 1.86. The van der Waals surface area contributed by atoms with Crippen molar-refractivity contribution in [2.45, 2.75) is 25.6 Å². The van der Waals surface area contributed by atoms with Crippen LogP contribution in [0.3, 0.4) is 0 Å². The summed E-state index contributed by atoms with van der Waals surface area (Å²) in [4.78, 5) is 10.7. The molecule has 0 aliphatic carbocycles. The SMILES string of the molecule is COc1ccc(C=O)cc1COCC1CCCO1. The second-order valence-corrected chi connectivity index (χ2v) is 4.34. The first-order chi connectivity index (χ1) is 8.83. The lowest BCUT2D eigenvalue weighted by atomic mass is 10.1. The van der Waals surface area contributed by atoms with Crippen LogP contribution in [0.5, 0.6) is 5.75 Å². The minimum Gasteiger partial charge on any atom is -0.496 e. The molecule has 0 radical (unpaired) electrons. The van der Waals surface area contributed by atoms with E-state index in [9.17, 15) is 4.79 Å². The fourth-order valence-electron chi connectivity index (χ4n) is 2.06. The average Bonchev–Trinajstić information content (AvgIpc) is 2.92. The van der Waals surface area contributed by atoms with Crippen LogP contribution in [-0.4, -0.2) is 32.7 Å². The van der Waals surface area contributed by atoms with E-state index < -0.39 is 0 Å². The third kappa shape index (κ3) is 3.31. The zero-order valence-corrected chi connectivity index (χ0v) is 10.6. The fraction of sp³-hybridized carbons (Fsp3) is 0.500. The van der Waals surface area contributed by atoms with E-state index in [1.165, 1.54) is 0 Å². The van der Waals surface area contributed by atoms with Crippen molar-refractivity contribution in [1.29, 1.82) is 0 Å². The first-order valence-electron chi connectivity index (χ1n) is 6.15. The van der Waals surface area contributed by atoms with Crippen molar-refractivity contribution in [2.24, 2.45) is 0 Å². The lowest BCUT2D eigenvalue weighted by Gasteiger charge is -2.12. The number of rotatable bonds is 6. The van der Waals surface area contributed by atoms with Crippen LogP contribution in [0, 0.1) is 0 Å². The molecule has 1 aromatic carbocycles. The van der Waals surface area contributed by atoms with Crippen LogP contribution in [0.4, 0.5) is 0 Å². The number of carbonyl (C=O) groups excluding carboxylic acids is 1. The molecule has 1 heterocycles. The molecule has 1 atom stereocenters. The molecule has 0 aromatic heterocycles. The highest BCUT2D eigenvalue weighted by molar-refractivity contribution is 5.75. The largest absolute Gasteiger partial charge is 0.496 e. The molecule has 1 aliphatic rings. The first-order valence-corrected chi connectivity index (χ1v) is 6.15. The number of aldehydes is 1. The molecule has 1 fully saturated rings. The fourth-order valence-corrected chi connectivity index (χ4v) is 2.06. The minimum absolute atomic E-state index is 0.213. The molecular weight excluding hydrogens is 232 g/mol. The standard InChI is InChI=1S/C14H18O4/c1-16-14-5-4-11(8-15)7-12(14)9-17-10-13-3-2-6-18-13/h4-5,7-8,13H,2-3,6,9-10H2,1H3. The van der Waals surface area contributed by atoms with Crippen molar-refractivity contribution in [1.82, 2.24) is 0 Å². The summed E-state index contributed by atoms with van der Waals surface area (Å²) in [6.07, 6.45) is 3.21. The molecule has 1 saturated heterocycles. The number of benzene rings is 1. The maximum absolute atomic E-state index is 10.7. The highest BCUT2D eigenvalue weighted by Crippen LogP contribution is 2.21. The highest BCUT2D eigenvalue weighted by atomic mass is 16.5. The summed E-state index contributed by atoms with van der Waals surface area (Å²) >= 11 is 0. The molecule has 1 aliphatic heterocycles. The topological polar surface area (TPSA) is 44.8 Å². The van der Waals surface area contributed by atoms with Crippen molar-refractivity contribution in [2.75, 3.05) is 20.3 Å². The Morgan fingerprint density at radius 1 is 1.50 bits per heavy atom. The predicted octanol–water partition coefficient (Wildman–Crippen LogP) is 2.20. The van der Waals surface area contributed by atoms with Gasteiger partial charge in [-0.25, -0.2) is 0 Å². The minimum atomic E-state index is 0.213. The van der Waals surface area contributed by atoms with Crippen molar-refractivity contribution in [3.05, 3.63) is 29.3 Å². The zero-order chi connectivity index (χ0) is 12.8. The van der Waals surface area contributed by atoms with E-state index in [1.807, 2.05) is 0 Å². The van der Waals surface area contributed by atoms with Crippen molar-refractivity contribution in [3.63, 3.8) is 0 Å². The summed E-state index contributed by atoms with van der Waals surface area (Å²) in [6, 6.07) is 5.31. The van der Waals surface area contributed by atoms with Crippen molar-refractivity contribution < 1.29 is 19.0 Å². The number of hydrogen-bond acceptors (Lipinski definition) is 4. The van der Waals surface area contributed by atoms with E-state index in [0.717, 1.165) is 37.0 Å². The quantitative estimate of drug-likeness (QED) is 0.726.